The Labute approximate surface area is 186 Å². The summed E-state index contributed by atoms with van der Waals surface area (Å²) in [5, 5.41) is 15.1. The topological polar surface area (TPSA) is 90.3 Å². The number of aryl methyl sites for hydroxylation is 1. The standard InChI is InChI=1S/C24H27N5O3/c1-16(24(30)25-14-17-9-10-20-21(12-17)32-15-31-20)26-19-7-5-6-18(13-19)23-28-27-22-8-3-2-4-11-29(22)23/h5-7,9-10,12-13,16,26H,2-4,8,11,14-15H2,1H3,(H,25,30)/t16-/m0/s1. The van der Waals surface area contributed by atoms with E-state index in [2.05, 4.69) is 25.4 Å². The van der Waals surface area contributed by atoms with Crippen molar-refractivity contribution in [3.05, 3.63) is 53.9 Å². The number of rotatable bonds is 6. The van der Waals surface area contributed by atoms with Gasteiger partial charge in [-0.1, -0.05) is 24.6 Å². The molecule has 0 fully saturated rings. The molecule has 0 saturated heterocycles. The van der Waals surface area contributed by atoms with Gasteiger partial charge >= 0.3 is 0 Å². The first-order valence-corrected chi connectivity index (χ1v) is 11.1. The average molecular weight is 434 g/mol. The fourth-order valence-electron chi connectivity index (χ4n) is 4.16. The zero-order valence-electron chi connectivity index (χ0n) is 18.1. The number of hydrogen-bond donors (Lipinski definition) is 2. The number of aromatic nitrogens is 3. The average Bonchev–Trinajstić information content (AvgIpc) is 3.38. The molecule has 8 heteroatoms. The molecule has 2 aliphatic rings. The Hall–Kier alpha value is -3.55. The molecule has 166 valence electrons. The van der Waals surface area contributed by atoms with Crippen molar-refractivity contribution in [2.45, 2.75) is 51.7 Å². The highest BCUT2D eigenvalue weighted by Gasteiger charge is 2.18. The number of ether oxygens (including phenoxy) is 2. The summed E-state index contributed by atoms with van der Waals surface area (Å²) in [6.45, 7) is 3.47. The molecule has 0 saturated carbocycles. The number of nitrogens with zero attached hydrogens (tertiary/aromatic N) is 3. The molecule has 2 aromatic carbocycles. The SMILES string of the molecule is C[C@H](Nc1cccc(-c2nnc3n2CCCCC3)c1)C(=O)NCc1ccc2c(c1)OCO2. The number of benzene rings is 2. The summed E-state index contributed by atoms with van der Waals surface area (Å²) in [6.07, 6.45) is 4.52. The number of hydrogen-bond acceptors (Lipinski definition) is 6. The van der Waals surface area contributed by atoms with E-state index in [1.54, 1.807) is 0 Å². The monoisotopic (exact) mass is 433 g/mol. The van der Waals surface area contributed by atoms with Crippen molar-refractivity contribution in [2.24, 2.45) is 0 Å². The highest BCUT2D eigenvalue weighted by atomic mass is 16.7. The predicted octanol–water partition coefficient (Wildman–Crippen LogP) is 3.52. The van der Waals surface area contributed by atoms with Gasteiger partial charge in [-0.3, -0.25) is 4.79 Å². The van der Waals surface area contributed by atoms with Crippen LogP contribution in [-0.2, 0) is 24.3 Å². The molecule has 5 rings (SSSR count). The minimum absolute atomic E-state index is 0.0792. The fraction of sp³-hybridized carbons (Fsp3) is 0.375. The molecule has 3 heterocycles. The highest BCUT2D eigenvalue weighted by molar-refractivity contribution is 5.84. The van der Waals surface area contributed by atoms with E-state index < -0.39 is 6.04 Å². The maximum Gasteiger partial charge on any atom is 0.242 e. The van der Waals surface area contributed by atoms with Gasteiger partial charge in [-0.2, -0.15) is 0 Å². The Morgan fingerprint density at radius 1 is 1.09 bits per heavy atom. The van der Waals surface area contributed by atoms with Gasteiger partial charge in [-0.15, -0.1) is 10.2 Å². The summed E-state index contributed by atoms with van der Waals surface area (Å²) in [6, 6.07) is 13.3. The van der Waals surface area contributed by atoms with Crippen molar-refractivity contribution in [3.63, 3.8) is 0 Å². The number of nitrogens with one attached hydrogen (secondary N) is 2. The van der Waals surface area contributed by atoms with Gasteiger partial charge in [0.1, 0.15) is 11.9 Å². The van der Waals surface area contributed by atoms with E-state index in [0.29, 0.717) is 12.3 Å². The number of fused-ring (bicyclic) bond motifs is 2. The molecular formula is C24H27N5O3. The lowest BCUT2D eigenvalue weighted by atomic mass is 10.1. The zero-order valence-corrected chi connectivity index (χ0v) is 18.1. The molecule has 2 aliphatic heterocycles. The largest absolute Gasteiger partial charge is 0.454 e. The molecule has 8 nitrogen and oxygen atoms in total. The molecule has 1 aromatic heterocycles. The third kappa shape index (κ3) is 4.26. The first kappa shape index (κ1) is 20.4. The summed E-state index contributed by atoms with van der Waals surface area (Å²) in [5.74, 6) is 3.33. The Kier molecular flexibility index (Phi) is 5.66. The smallest absolute Gasteiger partial charge is 0.242 e. The van der Waals surface area contributed by atoms with Crippen molar-refractivity contribution in [1.29, 1.82) is 0 Å². The highest BCUT2D eigenvalue weighted by Crippen LogP contribution is 2.32. The second kappa shape index (κ2) is 8.90. The van der Waals surface area contributed by atoms with Gasteiger partial charge in [0.05, 0.1) is 0 Å². The third-order valence-corrected chi connectivity index (χ3v) is 5.91. The van der Waals surface area contributed by atoms with Gasteiger partial charge in [-0.25, -0.2) is 0 Å². The van der Waals surface area contributed by atoms with Gasteiger partial charge in [0.15, 0.2) is 17.3 Å². The van der Waals surface area contributed by atoms with Crippen LogP contribution in [0.2, 0.25) is 0 Å². The lowest BCUT2D eigenvalue weighted by Gasteiger charge is -2.16. The molecule has 1 amide bonds. The number of amides is 1. The quantitative estimate of drug-likeness (QED) is 0.618. The van der Waals surface area contributed by atoms with Gasteiger partial charge in [-0.05, 0) is 49.6 Å². The van der Waals surface area contributed by atoms with E-state index in [-0.39, 0.29) is 12.7 Å². The molecule has 0 bridgehead atoms. The molecule has 0 unspecified atom stereocenters. The van der Waals surface area contributed by atoms with Crippen molar-refractivity contribution < 1.29 is 14.3 Å². The molecule has 3 aromatic rings. The Morgan fingerprint density at radius 3 is 2.94 bits per heavy atom. The summed E-state index contributed by atoms with van der Waals surface area (Å²) in [4.78, 5) is 12.6. The zero-order chi connectivity index (χ0) is 21.9. The molecule has 2 N–H and O–H groups in total. The molecule has 0 aliphatic carbocycles. The van der Waals surface area contributed by atoms with Crippen LogP contribution in [0.15, 0.2) is 42.5 Å². The van der Waals surface area contributed by atoms with Crippen molar-refractivity contribution in [1.82, 2.24) is 20.1 Å². The van der Waals surface area contributed by atoms with Crippen LogP contribution in [0.5, 0.6) is 11.5 Å². The first-order chi connectivity index (χ1) is 15.7. The van der Waals surface area contributed by atoms with Crippen molar-refractivity contribution >= 4 is 11.6 Å². The van der Waals surface area contributed by atoms with E-state index in [9.17, 15) is 4.79 Å². The maximum absolute atomic E-state index is 12.6. The Bertz CT molecular complexity index is 1130. The Morgan fingerprint density at radius 2 is 2.00 bits per heavy atom. The van der Waals surface area contributed by atoms with Crippen LogP contribution in [-0.4, -0.2) is 33.5 Å². The van der Waals surface area contributed by atoms with Crippen LogP contribution in [0.3, 0.4) is 0 Å². The first-order valence-electron chi connectivity index (χ1n) is 11.1. The number of anilines is 1. The second-order valence-electron chi connectivity index (χ2n) is 8.25. The summed E-state index contributed by atoms with van der Waals surface area (Å²) in [7, 11) is 0. The number of carbonyl (C=O) groups excluding carboxylic acids is 1. The molecule has 32 heavy (non-hydrogen) atoms. The Balaban J connectivity index is 1.22. The van der Waals surface area contributed by atoms with E-state index in [1.807, 2.05) is 49.4 Å². The lowest BCUT2D eigenvalue weighted by Crippen LogP contribution is -2.37. The van der Waals surface area contributed by atoms with Crippen LogP contribution in [0.1, 0.15) is 37.6 Å². The molecule has 0 radical (unpaired) electrons. The second-order valence-corrected chi connectivity index (χ2v) is 8.25. The van der Waals surface area contributed by atoms with Crippen molar-refractivity contribution in [3.8, 4) is 22.9 Å². The maximum atomic E-state index is 12.6. The van der Waals surface area contributed by atoms with Crippen molar-refractivity contribution in [2.75, 3.05) is 12.1 Å². The van der Waals surface area contributed by atoms with E-state index in [4.69, 9.17) is 9.47 Å². The predicted molar refractivity (Wildman–Crippen MR) is 121 cm³/mol. The van der Waals surface area contributed by atoms with Gasteiger partial charge in [0.2, 0.25) is 12.7 Å². The summed E-state index contributed by atoms with van der Waals surface area (Å²) in [5.41, 5.74) is 2.84. The van der Waals surface area contributed by atoms with Crippen LogP contribution < -0.4 is 20.1 Å². The van der Waals surface area contributed by atoms with E-state index in [0.717, 1.165) is 53.6 Å². The minimum Gasteiger partial charge on any atom is -0.454 e. The van der Waals surface area contributed by atoms with Crippen LogP contribution >= 0.6 is 0 Å². The molecule has 0 spiro atoms. The normalized spacial score (nSPS) is 15.5. The third-order valence-electron chi connectivity index (χ3n) is 5.91. The number of carbonyl (C=O) groups is 1. The van der Waals surface area contributed by atoms with Crippen LogP contribution in [0, 0.1) is 0 Å². The van der Waals surface area contributed by atoms with E-state index >= 15 is 0 Å². The van der Waals surface area contributed by atoms with E-state index in [1.165, 1.54) is 12.8 Å². The van der Waals surface area contributed by atoms with Gasteiger partial charge in [0, 0.05) is 30.8 Å². The van der Waals surface area contributed by atoms with Gasteiger partial charge in [0.25, 0.3) is 0 Å². The van der Waals surface area contributed by atoms with Crippen LogP contribution in [0.4, 0.5) is 5.69 Å². The summed E-state index contributed by atoms with van der Waals surface area (Å²) >= 11 is 0. The summed E-state index contributed by atoms with van der Waals surface area (Å²) < 4.78 is 13.0. The van der Waals surface area contributed by atoms with Crippen LogP contribution in [0.25, 0.3) is 11.4 Å². The molecule has 1 atom stereocenters. The fourth-order valence-corrected chi connectivity index (χ4v) is 4.16. The van der Waals surface area contributed by atoms with Gasteiger partial charge < -0.3 is 24.7 Å². The minimum atomic E-state index is -0.394. The molecular weight excluding hydrogens is 406 g/mol. The lowest BCUT2D eigenvalue weighted by molar-refractivity contribution is -0.121.